The number of rotatable bonds is 11. The van der Waals surface area contributed by atoms with Crippen LogP contribution in [0.2, 0.25) is 0 Å². The van der Waals surface area contributed by atoms with Crippen LogP contribution in [0, 0.1) is 26.7 Å². The van der Waals surface area contributed by atoms with Gasteiger partial charge < -0.3 is 10.2 Å². The predicted octanol–water partition coefficient (Wildman–Crippen LogP) is 3.96. The van der Waals surface area contributed by atoms with Crippen LogP contribution in [-0.4, -0.2) is 50.5 Å². The first kappa shape index (κ1) is 28.4. The zero-order chi connectivity index (χ0) is 26.3. The van der Waals surface area contributed by atoms with Crippen LogP contribution in [0.1, 0.15) is 49.4 Å². The van der Waals surface area contributed by atoms with E-state index in [2.05, 4.69) is 5.32 Å². The van der Waals surface area contributed by atoms with Gasteiger partial charge in [0, 0.05) is 13.1 Å². The molecule has 192 valence electrons. The Labute approximate surface area is 210 Å². The van der Waals surface area contributed by atoms with Gasteiger partial charge in [-0.25, -0.2) is 8.42 Å². The molecule has 2 aromatic rings. The van der Waals surface area contributed by atoms with Gasteiger partial charge in [-0.05, 0) is 55.9 Å². The fourth-order valence-corrected chi connectivity index (χ4v) is 4.85. The predicted molar refractivity (Wildman–Crippen MR) is 142 cm³/mol. The van der Waals surface area contributed by atoms with Crippen molar-refractivity contribution in [1.29, 1.82) is 0 Å². The van der Waals surface area contributed by atoms with E-state index in [-0.39, 0.29) is 24.9 Å². The van der Waals surface area contributed by atoms with Gasteiger partial charge in [0.25, 0.3) is 0 Å². The monoisotopic (exact) mass is 501 g/mol. The summed E-state index contributed by atoms with van der Waals surface area (Å²) in [5.41, 5.74) is 4.11. The van der Waals surface area contributed by atoms with Gasteiger partial charge in [0.05, 0.1) is 11.9 Å². The molecule has 7 nitrogen and oxygen atoms in total. The zero-order valence-corrected chi connectivity index (χ0v) is 22.8. The molecule has 2 amide bonds. The summed E-state index contributed by atoms with van der Waals surface area (Å²) in [4.78, 5) is 28.3. The normalized spacial score (nSPS) is 12.3. The minimum atomic E-state index is -3.75. The van der Waals surface area contributed by atoms with Crippen LogP contribution in [0.5, 0.6) is 0 Å². The second-order valence-electron chi connectivity index (χ2n) is 9.56. The van der Waals surface area contributed by atoms with Crippen molar-refractivity contribution in [3.05, 3.63) is 64.7 Å². The fourth-order valence-electron chi connectivity index (χ4n) is 3.95. The van der Waals surface area contributed by atoms with E-state index in [1.54, 1.807) is 12.1 Å². The van der Waals surface area contributed by atoms with Gasteiger partial charge in [0.2, 0.25) is 21.8 Å². The Bertz CT molecular complexity index is 1140. The summed E-state index contributed by atoms with van der Waals surface area (Å²) in [6.07, 6.45) is 1.50. The lowest BCUT2D eigenvalue weighted by molar-refractivity contribution is -0.140. The number of nitrogens with zero attached hydrogens (tertiary/aromatic N) is 2. The van der Waals surface area contributed by atoms with Crippen LogP contribution in [-0.2, 0) is 26.2 Å². The highest BCUT2D eigenvalue weighted by molar-refractivity contribution is 7.92. The number of anilines is 1. The maximum absolute atomic E-state index is 13.7. The molecule has 2 rings (SSSR count). The molecule has 0 aliphatic carbocycles. The first-order valence-corrected chi connectivity index (χ1v) is 13.9. The van der Waals surface area contributed by atoms with Gasteiger partial charge in [-0.3, -0.25) is 13.9 Å². The lowest BCUT2D eigenvalue weighted by Gasteiger charge is -2.33. The number of amides is 2. The molecule has 1 N–H and O–H groups in total. The first-order chi connectivity index (χ1) is 16.3. The summed E-state index contributed by atoms with van der Waals surface area (Å²) >= 11 is 0. The summed E-state index contributed by atoms with van der Waals surface area (Å²) in [5.74, 6) is -0.397. The van der Waals surface area contributed by atoms with Crippen LogP contribution in [0.25, 0.3) is 0 Å². The Morgan fingerprint density at radius 3 is 2.26 bits per heavy atom. The maximum atomic E-state index is 13.7. The van der Waals surface area contributed by atoms with Crippen molar-refractivity contribution < 1.29 is 18.0 Å². The Hall–Kier alpha value is -2.87. The van der Waals surface area contributed by atoms with Crippen LogP contribution < -0.4 is 9.62 Å². The number of nitrogens with one attached hydrogen (secondary N) is 1. The molecule has 0 heterocycles. The fraction of sp³-hybridized carbons (Fsp3) is 0.481. The minimum absolute atomic E-state index is 0.207. The highest BCUT2D eigenvalue weighted by Crippen LogP contribution is 2.25. The first-order valence-electron chi connectivity index (χ1n) is 12.0. The highest BCUT2D eigenvalue weighted by Gasteiger charge is 2.32. The molecule has 0 spiro atoms. The average molecular weight is 502 g/mol. The van der Waals surface area contributed by atoms with Crippen molar-refractivity contribution in [2.75, 3.05) is 23.7 Å². The summed E-state index contributed by atoms with van der Waals surface area (Å²) < 4.78 is 26.7. The van der Waals surface area contributed by atoms with Crippen LogP contribution in [0.15, 0.2) is 42.5 Å². The Morgan fingerprint density at radius 1 is 1.03 bits per heavy atom. The molecule has 0 fully saturated rings. The third kappa shape index (κ3) is 7.82. The quantitative estimate of drug-likeness (QED) is 0.505. The largest absolute Gasteiger partial charge is 0.354 e. The SMILES string of the molecule is CC[C@@H](C(=O)NCC(C)C)N(Cc1cccc(C)c1)C(=O)CN(c1cccc(C)c1C)S(C)(=O)=O. The van der Waals surface area contributed by atoms with E-state index in [1.807, 2.05) is 71.9 Å². The third-order valence-electron chi connectivity index (χ3n) is 6.03. The molecule has 35 heavy (non-hydrogen) atoms. The number of carbonyl (C=O) groups excluding carboxylic acids is 2. The van der Waals surface area contributed by atoms with Gasteiger partial charge in [0.1, 0.15) is 12.6 Å². The topological polar surface area (TPSA) is 86.8 Å². The zero-order valence-electron chi connectivity index (χ0n) is 22.0. The van der Waals surface area contributed by atoms with E-state index in [4.69, 9.17) is 0 Å². The van der Waals surface area contributed by atoms with Crippen LogP contribution >= 0.6 is 0 Å². The van der Waals surface area contributed by atoms with Crippen molar-refractivity contribution >= 4 is 27.5 Å². The molecule has 2 aromatic carbocycles. The molecule has 0 aliphatic heterocycles. The number of carbonyl (C=O) groups is 2. The van der Waals surface area contributed by atoms with Gasteiger partial charge in [0.15, 0.2) is 0 Å². The maximum Gasteiger partial charge on any atom is 0.244 e. The van der Waals surface area contributed by atoms with Gasteiger partial charge in [-0.1, -0.05) is 62.7 Å². The van der Waals surface area contributed by atoms with Gasteiger partial charge >= 0.3 is 0 Å². The molecular weight excluding hydrogens is 462 g/mol. The number of aryl methyl sites for hydroxylation is 2. The lowest BCUT2D eigenvalue weighted by atomic mass is 10.1. The van der Waals surface area contributed by atoms with E-state index in [0.717, 1.165) is 32.8 Å². The molecule has 0 aliphatic rings. The molecule has 0 saturated heterocycles. The molecule has 0 radical (unpaired) electrons. The number of hydrogen-bond donors (Lipinski definition) is 1. The molecule has 0 unspecified atom stereocenters. The van der Waals surface area contributed by atoms with Crippen molar-refractivity contribution in [2.45, 2.75) is 60.5 Å². The second-order valence-corrected chi connectivity index (χ2v) is 11.5. The number of sulfonamides is 1. The van der Waals surface area contributed by atoms with Gasteiger partial charge in [-0.2, -0.15) is 0 Å². The van der Waals surface area contributed by atoms with E-state index >= 15 is 0 Å². The van der Waals surface area contributed by atoms with E-state index in [9.17, 15) is 18.0 Å². The van der Waals surface area contributed by atoms with Crippen molar-refractivity contribution in [3.8, 4) is 0 Å². The van der Waals surface area contributed by atoms with Crippen molar-refractivity contribution in [1.82, 2.24) is 10.2 Å². The summed E-state index contributed by atoms with van der Waals surface area (Å²) in [6, 6.07) is 12.4. The summed E-state index contributed by atoms with van der Waals surface area (Å²) in [7, 11) is -3.75. The molecular formula is C27H39N3O4S. The lowest BCUT2D eigenvalue weighted by Crippen LogP contribution is -2.52. The van der Waals surface area contributed by atoms with Crippen molar-refractivity contribution in [2.24, 2.45) is 5.92 Å². The number of benzene rings is 2. The minimum Gasteiger partial charge on any atom is -0.354 e. The summed E-state index contributed by atoms with van der Waals surface area (Å²) in [6.45, 7) is 11.9. The molecule has 0 aromatic heterocycles. The number of hydrogen-bond acceptors (Lipinski definition) is 4. The van der Waals surface area contributed by atoms with Crippen LogP contribution in [0.4, 0.5) is 5.69 Å². The Balaban J connectivity index is 2.47. The van der Waals surface area contributed by atoms with Gasteiger partial charge in [-0.15, -0.1) is 0 Å². The molecule has 1 atom stereocenters. The Kier molecular flexibility index (Phi) is 9.89. The molecule has 8 heteroatoms. The smallest absolute Gasteiger partial charge is 0.244 e. The summed E-state index contributed by atoms with van der Waals surface area (Å²) in [5, 5.41) is 2.93. The van der Waals surface area contributed by atoms with Crippen molar-refractivity contribution in [3.63, 3.8) is 0 Å². The third-order valence-corrected chi connectivity index (χ3v) is 7.16. The molecule has 0 bridgehead atoms. The standard InChI is InChI=1S/C27H39N3O4S/c1-8-24(27(32)28-16-19(2)3)29(17-23-13-9-11-20(4)15-23)26(31)18-30(35(7,33)34)25-14-10-12-21(5)22(25)6/h9-15,19,24H,8,16-18H2,1-7H3,(H,28,32)/t24-/m0/s1. The van der Waals surface area contributed by atoms with Crippen LogP contribution in [0.3, 0.4) is 0 Å². The second kappa shape index (κ2) is 12.2. The van der Waals surface area contributed by atoms with E-state index < -0.39 is 22.0 Å². The Morgan fingerprint density at radius 2 is 1.69 bits per heavy atom. The van der Waals surface area contributed by atoms with E-state index in [1.165, 1.54) is 4.90 Å². The highest BCUT2D eigenvalue weighted by atomic mass is 32.2. The molecule has 0 saturated carbocycles. The van der Waals surface area contributed by atoms with E-state index in [0.29, 0.717) is 18.7 Å². The average Bonchev–Trinajstić information content (AvgIpc) is 2.77.